The Morgan fingerprint density at radius 3 is 2.65 bits per heavy atom. The van der Waals surface area contributed by atoms with E-state index in [0.29, 0.717) is 24.2 Å². The fraction of sp³-hybridized carbons (Fsp3) is 0.714. The molecule has 0 radical (unpaired) electrons. The summed E-state index contributed by atoms with van der Waals surface area (Å²) in [5, 5.41) is 0. The van der Waals surface area contributed by atoms with E-state index in [1.165, 1.54) is 12.8 Å². The van der Waals surface area contributed by atoms with Crippen molar-refractivity contribution in [3.8, 4) is 5.88 Å². The van der Waals surface area contributed by atoms with Crippen molar-refractivity contribution in [3.63, 3.8) is 0 Å². The Hall–Kier alpha value is -1.40. The number of likely N-dealkylation sites (N-methyl/N-ethyl adjacent to an activating group) is 1. The van der Waals surface area contributed by atoms with Gasteiger partial charge in [-0.2, -0.15) is 4.98 Å². The van der Waals surface area contributed by atoms with E-state index in [0.717, 1.165) is 36.8 Å². The second-order valence-corrected chi connectivity index (χ2v) is 5.84. The monoisotopic (exact) mass is 277 g/mol. The Bertz CT molecular complexity index is 485. The van der Waals surface area contributed by atoms with Gasteiger partial charge in [-0.05, 0) is 39.7 Å². The predicted octanol–water partition coefficient (Wildman–Crippen LogP) is 1.42. The summed E-state index contributed by atoms with van der Waals surface area (Å²) in [5.41, 5.74) is 3.53. The molecular weight excluding hydrogens is 254 g/mol. The lowest BCUT2D eigenvalue weighted by Gasteiger charge is -2.17. The highest BCUT2D eigenvalue weighted by molar-refractivity contribution is 5.48. The van der Waals surface area contributed by atoms with E-state index in [4.69, 9.17) is 10.6 Å². The van der Waals surface area contributed by atoms with Gasteiger partial charge in [0.15, 0.2) is 0 Å². The predicted molar refractivity (Wildman–Crippen MR) is 77.7 cm³/mol. The minimum atomic E-state index is 0.485. The minimum absolute atomic E-state index is 0.485. The number of nitrogens with one attached hydrogen (secondary N) is 1. The van der Waals surface area contributed by atoms with Crippen LogP contribution in [0, 0.1) is 6.92 Å². The zero-order chi connectivity index (χ0) is 14.1. The fourth-order valence-corrected chi connectivity index (χ4v) is 2.30. The zero-order valence-electron chi connectivity index (χ0n) is 12.2. The van der Waals surface area contributed by atoms with Crippen molar-refractivity contribution in [2.24, 2.45) is 5.84 Å². The van der Waals surface area contributed by atoms with Crippen LogP contribution in [0.15, 0.2) is 0 Å². The number of hydrazine groups is 1. The van der Waals surface area contributed by atoms with Crippen LogP contribution in [-0.2, 0) is 0 Å². The van der Waals surface area contributed by atoms with Crippen LogP contribution in [0.3, 0.4) is 0 Å². The average molecular weight is 277 g/mol. The molecule has 0 saturated heterocycles. The standard InChI is InChI=1S/C14H23N5O/c1-9-12(18-15)16-13(10-3-4-10)17-14(9)20-8-7-19(2)11-5-6-11/h10-11H,3-8,15H2,1-2H3,(H,16,17,18). The maximum Gasteiger partial charge on any atom is 0.221 e. The van der Waals surface area contributed by atoms with Gasteiger partial charge in [0, 0.05) is 18.5 Å². The number of ether oxygens (including phenoxy) is 1. The van der Waals surface area contributed by atoms with E-state index in [2.05, 4.69) is 27.3 Å². The second kappa shape index (κ2) is 5.54. The Kier molecular flexibility index (Phi) is 3.76. The topological polar surface area (TPSA) is 76.3 Å². The van der Waals surface area contributed by atoms with Gasteiger partial charge >= 0.3 is 0 Å². The van der Waals surface area contributed by atoms with Crippen LogP contribution >= 0.6 is 0 Å². The van der Waals surface area contributed by atoms with Gasteiger partial charge in [0.05, 0.1) is 5.56 Å². The summed E-state index contributed by atoms with van der Waals surface area (Å²) in [5.74, 6) is 8.21. The van der Waals surface area contributed by atoms with Crippen molar-refractivity contribution in [3.05, 3.63) is 11.4 Å². The molecule has 3 rings (SSSR count). The fourth-order valence-electron chi connectivity index (χ4n) is 2.30. The van der Waals surface area contributed by atoms with Crippen LogP contribution in [0.25, 0.3) is 0 Å². The first-order valence-corrected chi connectivity index (χ1v) is 7.37. The molecule has 0 bridgehead atoms. The third kappa shape index (κ3) is 3.02. The number of anilines is 1. The third-order valence-corrected chi connectivity index (χ3v) is 4.05. The molecule has 0 amide bonds. The molecule has 110 valence electrons. The van der Waals surface area contributed by atoms with Gasteiger partial charge in [-0.15, -0.1) is 0 Å². The van der Waals surface area contributed by atoms with Gasteiger partial charge in [0.25, 0.3) is 0 Å². The molecule has 0 unspecified atom stereocenters. The molecule has 2 aliphatic carbocycles. The first-order valence-electron chi connectivity index (χ1n) is 7.37. The van der Waals surface area contributed by atoms with Crippen molar-refractivity contribution in [1.82, 2.24) is 14.9 Å². The minimum Gasteiger partial charge on any atom is -0.476 e. The van der Waals surface area contributed by atoms with Crippen LogP contribution in [-0.4, -0.2) is 41.1 Å². The molecular formula is C14H23N5O. The van der Waals surface area contributed by atoms with Gasteiger partial charge in [-0.25, -0.2) is 10.8 Å². The molecule has 1 aromatic rings. The first-order chi connectivity index (χ1) is 9.69. The number of hydrogen-bond acceptors (Lipinski definition) is 6. The molecule has 6 nitrogen and oxygen atoms in total. The second-order valence-electron chi connectivity index (χ2n) is 5.84. The van der Waals surface area contributed by atoms with E-state index in [9.17, 15) is 0 Å². The normalized spacial score (nSPS) is 18.4. The highest BCUT2D eigenvalue weighted by Gasteiger charge is 2.29. The molecule has 1 heterocycles. The maximum absolute atomic E-state index is 5.86. The Morgan fingerprint density at radius 1 is 1.30 bits per heavy atom. The van der Waals surface area contributed by atoms with E-state index in [-0.39, 0.29) is 0 Å². The molecule has 1 aromatic heterocycles. The summed E-state index contributed by atoms with van der Waals surface area (Å²) in [6.45, 7) is 3.52. The van der Waals surface area contributed by atoms with E-state index in [1.807, 2.05) is 6.92 Å². The Labute approximate surface area is 119 Å². The summed E-state index contributed by atoms with van der Waals surface area (Å²) < 4.78 is 5.86. The van der Waals surface area contributed by atoms with Crippen LogP contribution in [0.5, 0.6) is 5.88 Å². The van der Waals surface area contributed by atoms with Gasteiger partial charge in [-0.3, -0.25) is 0 Å². The van der Waals surface area contributed by atoms with Crippen molar-refractivity contribution in [2.75, 3.05) is 25.6 Å². The van der Waals surface area contributed by atoms with Crippen LogP contribution in [0.4, 0.5) is 5.82 Å². The van der Waals surface area contributed by atoms with Crippen LogP contribution in [0.1, 0.15) is 43.0 Å². The summed E-state index contributed by atoms with van der Waals surface area (Å²) in [6, 6.07) is 0.758. The molecule has 2 aliphatic rings. The van der Waals surface area contributed by atoms with Crippen molar-refractivity contribution < 1.29 is 4.74 Å². The van der Waals surface area contributed by atoms with Crippen molar-refractivity contribution >= 4 is 5.82 Å². The largest absolute Gasteiger partial charge is 0.476 e. The lowest BCUT2D eigenvalue weighted by Crippen LogP contribution is -2.26. The number of hydrogen-bond donors (Lipinski definition) is 2. The highest BCUT2D eigenvalue weighted by atomic mass is 16.5. The Balaban J connectivity index is 1.65. The molecule has 3 N–H and O–H groups in total. The summed E-state index contributed by atoms with van der Waals surface area (Å²) in [4.78, 5) is 11.4. The summed E-state index contributed by atoms with van der Waals surface area (Å²) in [6.07, 6.45) is 4.96. The first kappa shape index (κ1) is 13.6. The van der Waals surface area contributed by atoms with E-state index >= 15 is 0 Å². The molecule has 0 atom stereocenters. The molecule has 6 heteroatoms. The molecule has 0 spiro atoms. The van der Waals surface area contributed by atoms with E-state index in [1.54, 1.807) is 0 Å². The molecule has 20 heavy (non-hydrogen) atoms. The van der Waals surface area contributed by atoms with Gasteiger partial charge in [-0.1, -0.05) is 0 Å². The highest BCUT2D eigenvalue weighted by Crippen LogP contribution is 2.39. The van der Waals surface area contributed by atoms with Crippen molar-refractivity contribution in [2.45, 2.75) is 44.6 Å². The van der Waals surface area contributed by atoms with E-state index < -0.39 is 0 Å². The van der Waals surface area contributed by atoms with Crippen LogP contribution < -0.4 is 16.0 Å². The van der Waals surface area contributed by atoms with Crippen molar-refractivity contribution in [1.29, 1.82) is 0 Å². The lowest BCUT2D eigenvalue weighted by molar-refractivity contribution is 0.225. The number of nitrogens with zero attached hydrogens (tertiary/aromatic N) is 3. The maximum atomic E-state index is 5.86. The molecule has 2 fully saturated rings. The number of nitrogen functional groups attached to an aromatic ring is 1. The third-order valence-electron chi connectivity index (χ3n) is 4.05. The molecule has 0 aliphatic heterocycles. The number of aromatic nitrogens is 2. The zero-order valence-corrected chi connectivity index (χ0v) is 12.2. The smallest absolute Gasteiger partial charge is 0.221 e. The number of nitrogens with two attached hydrogens (primary N) is 1. The average Bonchev–Trinajstić information content (AvgIpc) is 3.31. The summed E-state index contributed by atoms with van der Waals surface area (Å²) in [7, 11) is 2.15. The lowest BCUT2D eigenvalue weighted by atomic mass is 10.3. The SMILES string of the molecule is Cc1c(NN)nc(C2CC2)nc1OCCN(C)C1CC1. The molecule has 0 aromatic carbocycles. The Morgan fingerprint density at radius 2 is 2.05 bits per heavy atom. The van der Waals surface area contributed by atoms with Crippen LogP contribution in [0.2, 0.25) is 0 Å². The van der Waals surface area contributed by atoms with Gasteiger partial charge in [0.1, 0.15) is 18.2 Å². The van der Waals surface area contributed by atoms with Gasteiger partial charge < -0.3 is 15.1 Å². The molecule has 2 saturated carbocycles. The summed E-state index contributed by atoms with van der Waals surface area (Å²) >= 11 is 0. The quantitative estimate of drug-likeness (QED) is 0.580. The van der Waals surface area contributed by atoms with Gasteiger partial charge in [0.2, 0.25) is 5.88 Å². The number of rotatable bonds is 7.